The van der Waals surface area contributed by atoms with Crippen LogP contribution in [0.3, 0.4) is 0 Å². The summed E-state index contributed by atoms with van der Waals surface area (Å²) in [4.78, 5) is 2.10. The van der Waals surface area contributed by atoms with Crippen LogP contribution in [0.15, 0.2) is 18.2 Å². The van der Waals surface area contributed by atoms with Gasteiger partial charge in [-0.25, -0.2) is 0 Å². The van der Waals surface area contributed by atoms with Crippen LogP contribution in [0.5, 0.6) is 0 Å². The van der Waals surface area contributed by atoms with Crippen LogP contribution < -0.4 is 10.6 Å². The molecule has 0 unspecified atom stereocenters. The molecule has 1 fully saturated rings. The Morgan fingerprint density at radius 1 is 1.29 bits per heavy atom. The van der Waals surface area contributed by atoms with Gasteiger partial charge in [-0.2, -0.15) is 13.2 Å². The zero-order valence-corrected chi connectivity index (χ0v) is 12.1. The third-order valence-corrected chi connectivity index (χ3v) is 3.81. The highest BCUT2D eigenvalue weighted by Gasteiger charge is 2.31. The SMILES string of the molecule is CCOC1CCN(c2ccc(C(F)(F)F)cc2CN)CC1. The van der Waals surface area contributed by atoms with Crippen molar-refractivity contribution in [3.8, 4) is 0 Å². The predicted octanol–water partition coefficient (Wildman–Crippen LogP) is 3.17. The summed E-state index contributed by atoms with van der Waals surface area (Å²) in [6.45, 7) is 4.32. The molecule has 1 aliphatic rings. The number of hydrogen-bond acceptors (Lipinski definition) is 3. The molecule has 21 heavy (non-hydrogen) atoms. The number of benzene rings is 1. The standard InChI is InChI=1S/C15H21F3N2O/c1-2-21-13-5-7-20(8-6-13)14-4-3-12(15(16,17)18)9-11(14)10-19/h3-4,9,13H,2,5-8,10,19H2,1H3. The molecule has 2 N–H and O–H groups in total. The molecular weight excluding hydrogens is 281 g/mol. The fourth-order valence-electron chi connectivity index (χ4n) is 2.73. The monoisotopic (exact) mass is 302 g/mol. The molecule has 0 spiro atoms. The molecule has 0 aliphatic carbocycles. The maximum atomic E-state index is 12.7. The number of alkyl halides is 3. The molecule has 0 radical (unpaired) electrons. The molecule has 0 amide bonds. The number of halogens is 3. The van der Waals surface area contributed by atoms with Crippen molar-refractivity contribution in [2.75, 3.05) is 24.6 Å². The number of nitrogens with two attached hydrogens (primary N) is 1. The van der Waals surface area contributed by atoms with Crippen LogP contribution in [0.4, 0.5) is 18.9 Å². The third-order valence-electron chi connectivity index (χ3n) is 3.81. The number of rotatable bonds is 4. The van der Waals surface area contributed by atoms with E-state index in [1.807, 2.05) is 6.92 Å². The zero-order chi connectivity index (χ0) is 15.5. The Morgan fingerprint density at radius 2 is 1.95 bits per heavy atom. The first-order valence-electron chi connectivity index (χ1n) is 7.22. The molecule has 0 atom stereocenters. The van der Waals surface area contributed by atoms with E-state index in [1.54, 1.807) is 0 Å². The van der Waals surface area contributed by atoms with Crippen LogP contribution in [0.25, 0.3) is 0 Å². The van der Waals surface area contributed by atoms with Gasteiger partial charge < -0.3 is 15.4 Å². The molecule has 0 bridgehead atoms. The first-order chi connectivity index (χ1) is 9.95. The molecule has 1 aliphatic heterocycles. The van der Waals surface area contributed by atoms with Gasteiger partial charge in [-0.15, -0.1) is 0 Å². The van der Waals surface area contributed by atoms with Crippen molar-refractivity contribution in [3.63, 3.8) is 0 Å². The van der Waals surface area contributed by atoms with Gasteiger partial charge in [0.15, 0.2) is 0 Å². The molecule has 0 aromatic heterocycles. The summed E-state index contributed by atoms with van der Waals surface area (Å²) in [7, 11) is 0. The van der Waals surface area contributed by atoms with E-state index < -0.39 is 11.7 Å². The summed E-state index contributed by atoms with van der Waals surface area (Å²) in [5.74, 6) is 0. The lowest BCUT2D eigenvalue weighted by molar-refractivity contribution is -0.137. The second-order valence-corrected chi connectivity index (χ2v) is 5.19. The summed E-state index contributed by atoms with van der Waals surface area (Å²) in [5, 5.41) is 0. The first kappa shape index (κ1) is 16.1. The number of anilines is 1. The van der Waals surface area contributed by atoms with Gasteiger partial charge in [0.2, 0.25) is 0 Å². The van der Waals surface area contributed by atoms with E-state index in [-0.39, 0.29) is 12.6 Å². The third kappa shape index (κ3) is 3.89. The molecule has 0 saturated carbocycles. The first-order valence-corrected chi connectivity index (χ1v) is 7.22. The van der Waals surface area contributed by atoms with Gasteiger partial charge in [0.05, 0.1) is 11.7 Å². The van der Waals surface area contributed by atoms with Crippen LogP contribution in [-0.4, -0.2) is 25.8 Å². The second kappa shape index (κ2) is 6.66. The van der Waals surface area contributed by atoms with Gasteiger partial charge in [-0.3, -0.25) is 0 Å². The normalized spacial score (nSPS) is 17.3. The number of hydrogen-bond donors (Lipinski definition) is 1. The molecule has 1 heterocycles. The smallest absolute Gasteiger partial charge is 0.378 e. The van der Waals surface area contributed by atoms with Gasteiger partial charge in [0, 0.05) is 31.9 Å². The predicted molar refractivity (Wildman–Crippen MR) is 76.2 cm³/mol. The Labute approximate surface area is 122 Å². The van der Waals surface area contributed by atoms with E-state index in [0.717, 1.165) is 43.8 Å². The van der Waals surface area contributed by atoms with Crippen LogP contribution in [0, 0.1) is 0 Å². The van der Waals surface area contributed by atoms with Crippen molar-refractivity contribution in [2.45, 2.75) is 38.6 Å². The van der Waals surface area contributed by atoms with Crippen molar-refractivity contribution in [1.82, 2.24) is 0 Å². The van der Waals surface area contributed by atoms with Gasteiger partial charge in [-0.05, 0) is 43.5 Å². The summed E-state index contributed by atoms with van der Waals surface area (Å²) >= 11 is 0. The number of ether oxygens (including phenoxy) is 1. The van der Waals surface area contributed by atoms with Crippen LogP contribution in [0.1, 0.15) is 30.9 Å². The zero-order valence-electron chi connectivity index (χ0n) is 12.1. The van der Waals surface area contributed by atoms with E-state index in [0.29, 0.717) is 12.2 Å². The van der Waals surface area contributed by atoms with Gasteiger partial charge in [0.1, 0.15) is 0 Å². The summed E-state index contributed by atoms with van der Waals surface area (Å²) in [5.41, 5.74) is 6.33. The fraction of sp³-hybridized carbons (Fsp3) is 0.600. The molecule has 1 aromatic carbocycles. The van der Waals surface area contributed by atoms with E-state index in [2.05, 4.69) is 4.90 Å². The second-order valence-electron chi connectivity index (χ2n) is 5.19. The van der Waals surface area contributed by atoms with Gasteiger partial charge >= 0.3 is 6.18 Å². The van der Waals surface area contributed by atoms with Crippen molar-refractivity contribution in [2.24, 2.45) is 5.73 Å². The Kier molecular flexibility index (Phi) is 5.11. The Hall–Kier alpha value is -1.27. The van der Waals surface area contributed by atoms with Crippen molar-refractivity contribution in [1.29, 1.82) is 0 Å². The lowest BCUT2D eigenvalue weighted by Gasteiger charge is -2.34. The number of piperidine rings is 1. The molecule has 1 aromatic rings. The fourth-order valence-corrected chi connectivity index (χ4v) is 2.73. The molecule has 1 saturated heterocycles. The van der Waals surface area contributed by atoms with E-state index in [9.17, 15) is 13.2 Å². The summed E-state index contributed by atoms with van der Waals surface area (Å²) in [6.07, 6.45) is -2.30. The highest BCUT2D eigenvalue weighted by molar-refractivity contribution is 5.55. The van der Waals surface area contributed by atoms with Gasteiger partial charge in [-0.1, -0.05) is 0 Å². The van der Waals surface area contributed by atoms with E-state index >= 15 is 0 Å². The minimum atomic E-state index is -4.33. The number of nitrogens with zero attached hydrogens (tertiary/aromatic N) is 1. The largest absolute Gasteiger partial charge is 0.416 e. The Bertz CT molecular complexity index is 468. The van der Waals surface area contributed by atoms with Crippen molar-refractivity contribution >= 4 is 5.69 Å². The Balaban J connectivity index is 2.14. The van der Waals surface area contributed by atoms with Crippen LogP contribution >= 0.6 is 0 Å². The average Bonchev–Trinajstić information content (AvgIpc) is 2.47. The lowest BCUT2D eigenvalue weighted by atomic mass is 10.0. The van der Waals surface area contributed by atoms with Crippen LogP contribution in [0.2, 0.25) is 0 Å². The van der Waals surface area contributed by atoms with E-state index in [4.69, 9.17) is 10.5 Å². The topological polar surface area (TPSA) is 38.5 Å². The summed E-state index contributed by atoms with van der Waals surface area (Å²) in [6, 6.07) is 3.82. The molecule has 6 heteroatoms. The highest BCUT2D eigenvalue weighted by Crippen LogP contribution is 2.33. The van der Waals surface area contributed by atoms with Crippen LogP contribution in [-0.2, 0) is 17.5 Å². The van der Waals surface area contributed by atoms with Crippen molar-refractivity contribution < 1.29 is 17.9 Å². The maximum absolute atomic E-state index is 12.7. The minimum absolute atomic E-state index is 0.102. The van der Waals surface area contributed by atoms with Gasteiger partial charge in [0.25, 0.3) is 0 Å². The molecular formula is C15H21F3N2O. The molecule has 118 valence electrons. The lowest BCUT2D eigenvalue weighted by Crippen LogP contribution is -2.37. The maximum Gasteiger partial charge on any atom is 0.416 e. The average molecular weight is 302 g/mol. The quantitative estimate of drug-likeness (QED) is 0.928. The Morgan fingerprint density at radius 3 is 2.48 bits per heavy atom. The molecule has 2 rings (SSSR count). The molecule has 3 nitrogen and oxygen atoms in total. The minimum Gasteiger partial charge on any atom is -0.378 e. The van der Waals surface area contributed by atoms with E-state index in [1.165, 1.54) is 6.07 Å². The highest BCUT2D eigenvalue weighted by atomic mass is 19.4. The summed E-state index contributed by atoms with van der Waals surface area (Å²) < 4.78 is 43.8. The van der Waals surface area contributed by atoms with Crippen molar-refractivity contribution in [3.05, 3.63) is 29.3 Å².